The largest absolute Gasteiger partial charge is 0.394 e. The van der Waals surface area contributed by atoms with E-state index in [-0.39, 0.29) is 16.7 Å². The summed E-state index contributed by atoms with van der Waals surface area (Å²) >= 11 is 0. The molecule has 4 nitrogen and oxygen atoms in total. The van der Waals surface area contributed by atoms with Crippen molar-refractivity contribution < 1.29 is 0 Å². The molecule has 12 heavy (non-hydrogen) atoms. The molecule has 0 saturated heterocycles. The molecule has 0 amide bonds. The third-order valence-electron chi connectivity index (χ3n) is 1.60. The zero-order valence-corrected chi connectivity index (χ0v) is 7.51. The van der Waals surface area contributed by atoms with Crippen LogP contribution in [0.5, 0.6) is 0 Å². The summed E-state index contributed by atoms with van der Waals surface area (Å²) < 4.78 is 0. The molecule has 0 fully saturated rings. The van der Waals surface area contributed by atoms with Crippen LogP contribution >= 0.6 is 0 Å². The van der Waals surface area contributed by atoms with Gasteiger partial charge in [-0.1, -0.05) is 20.8 Å². The summed E-state index contributed by atoms with van der Waals surface area (Å²) in [6.07, 6.45) is 0. The topological polar surface area (TPSA) is 71.8 Å². The minimum Gasteiger partial charge on any atom is -0.394 e. The number of nitrogen functional groups attached to an aromatic ring is 1. The Bertz CT molecular complexity index is 335. The molecule has 0 spiro atoms. The third kappa shape index (κ3) is 1.64. The zero-order valence-electron chi connectivity index (χ0n) is 7.51. The van der Waals surface area contributed by atoms with Crippen molar-refractivity contribution in [2.45, 2.75) is 26.2 Å². The van der Waals surface area contributed by atoms with Crippen molar-refractivity contribution in [2.24, 2.45) is 0 Å². The van der Waals surface area contributed by atoms with Gasteiger partial charge in [-0.05, 0) is 6.07 Å². The second-order valence-corrected chi connectivity index (χ2v) is 3.79. The van der Waals surface area contributed by atoms with Crippen molar-refractivity contribution in [3.05, 3.63) is 22.1 Å². The van der Waals surface area contributed by atoms with Crippen LogP contribution in [0, 0.1) is 0 Å². The average Bonchev–Trinajstić information content (AvgIpc) is 1.92. The first kappa shape index (κ1) is 8.77. The molecule has 0 saturated carbocycles. The van der Waals surface area contributed by atoms with Crippen molar-refractivity contribution in [1.82, 2.24) is 10.2 Å². The van der Waals surface area contributed by atoms with Crippen LogP contribution in [-0.2, 0) is 5.41 Å². The number of nitrogens with zero attached hydrogens (tertiary/aromatic N) is 1. The predicted octanol–water partition coefficient (Wildman–Crippen LogP) is 0.650. The standard InChI is InChI=1S/C8H13N3O/c1-8(2,3)6-4-5(9)7(12)11-10-6/h4H,1-3H3,(H2,9,10)(H,11,12). The Hall–Kier alpha value is -1.32. The van der Waals surface area contributed by atoms with E-state index in [1.165, 1.54) is 0 Å². The number of nitrogens with one attached hydrogen (secondary N) is 1. The van der Waals surface area contributed by atoms with Gasteiger partial charge in [0.15, 0.2) is 0 Å². The molecule has 0 unspecified atom stereocenters. The summed E-state index contributed by atoms with van der Waals surface area (Å²) in [6.45, 7) is 6.02. The zero-order chi connectivity index (χ0) is 9.35. The summed E-state index contributed by atoms with van der Waals surface area (Å²) in [5, 5.41) is 6.24. The molecule has 1 heterocycles. The fraction of sp³-hybridized carbons (Fsp3) is 0.500. The van der Waals surface area contributed by atoms with E-state index in [0.717, 1.165) is 5.69 Å². The molecule has 3 N–H and O–H groups in total. The molecule has 4 heteroatoms. The van der Waals surface area contributed by atoms with E-state index in [1.54, 1.807) is 6.07 Å². The average molecular weight is 167 g/mol. The van der Waals surface area contributed by atoms with Crippen LogP contribution in [-0.4, -0.2) is 10.2 Å². The molecule has 0 atom stereocenters. The number of anilines is 1. The molecule has 0 aliphatic heterocycles. The molecule has 0 aliphatic rings. The minimum atomic E-state index is -0.331. The van der Waals surface area contributed by atoms with Gasteiger partial charge in [0.2, 0.25) is 0 Å². The second-order valence-electron chi connectivity index (χ2n) is 3.79. The van der Waals surface area contributed by atoms with Gasteiger partial charge in [0.05, 0.1) is 5.69 Å². The number of aromatic amines is 1. The lowest BCUT2D eigenvalue weighted by Crippen LogP contribution is -2.21. The Kier molecular flexibility index (Phi) is 1.92. The summed E-state index contributed by atoms with van der Waals surface area (Å²) in [5.41, 5.74) is 6.03. The summed E-state index contributed by atoms with van der Waals surface area (Å²) in [5.74, 6) is 0. The lowest BCUT2D eigenvalue weighted by atomic mass is 9.92. The van der Waals surface area contributed by atoms with Gasteiger partial charge in [-0.3, -0.25) is 4.79 Å². The molecular formula is C8H13N3O. The number of hydrogen-bond donors (Lipinski definition) is 2. The van der Waals surface area contributed by atoms with Gasteiger partial charge < -0.3 is 5.73 Å². The van der Waals surface area contributed by atoms with Crippen molar-refractivity contribution in [3.8, 4) is 0 Å². The van der Waals surface area contributed by atoms with E-state index < -0.39 is 0 Å². The van der Waals surface area contributed by atoms with E-state index >= 15 is 0 Å². The Morgan fingerprint density at radius 2 is 2.08 bits per heavy atom. The van der Waals surface area contributed by atoms with Crippen LogP contribution in [0.3, 0.4) is 0 Å². The molecule has 0 radical (unpaired) electrons. The number of aromatic nitrogens is 2. The van der Waals surface area contributed by atoms with Crippen molar-refractivity contribution in [3.63, 3.8) is 0 Å². The Labute approximate surface area is 70.8 Å². The molecule has 66 valence electrons. The second kappa shape index (κ2) is 2.62. The molecular weight excluding hydrogens is 154 g/mol. The maximum absolute atomic E-state index is 10.9. The van der Waals surface area contributed by atoms with E-state index in [9.17, 15) is 4.79 Å². The van der Waals surface area contributed by atoms with E-state index in [4.69, 9.17) is 5.73 Å². The summed E-state index contributed by atoms with van der Waals surface area (Å²) in [6, 6.07) is 1.61. The molecule has 0 aromatic carbocycles. The summed E-state index contributed by atoms with van der Waals surface area (Å²) in [7, 11) is 0. The lowest BCUT2D eigenvalue weighted by Gasteiger charge is -2.16. The smallest absolute Gasteiger partial charge is 0.287 e. The van der Waals surface area contributed by atoms with Gasteiger partial charge in [0.25, 0.3) is 5.56 Å². The Balaban J connectivity index is 3.23. The third-order valence-corrected chi connectivity index (χ3v) is 1.60. The molecule has 1 rings (SSSR count). The fourth-order valence-electron chi connectivity index (χ4n) is 0.805. The summed E-state index contributed by atoms with van der Waals surface area (Å²) in [4.78, 5) is 10.9. The quantitative estimate of drug-likeness (QED) is 0.596. The highest BCUT2D eigenvalue weighted by Crippen LogP contribution is 2.18. The predicted molar refractivity (Wildman–Crippen MR) is 48.0 cm³/mol. The van der Waals surface area contributed by atoms with Crippen LogP contribution in [0.25, 0.3) is 0 Å². The highest BCUT2D eigenvalue weighted by molar-refractivity contribution is 5.36. The van der Waals surface area contributed by atoms with Crippen LogP contribution in [0.15, 0.2) is 10.9 Å². The number of rotatable bonds is 0. The van der Waals surface area contributed by atoms with Gasteiger partial charge >= 0.3 is 0 Å². The Morgan fingerprint density at radius 1 is 1.50 bits per heavy atom. The van der Waals surface area contributed by atoms with Crippen molar-refractivity contribution >= 4 is 5.69 Å². The number of nitrogens with two attached hydrogens (primary N) is 1. The van der Waals surface area contributed by atoms with Gasteiger partial charge in [0, 0.05) is 5.41 Å². The van der Waals surface area contributed by atoms with E-state index in [1.807, 2.05) is 20.8 Å². The monoisotopic (exact) mass is 167 g/mol. The van der Waals surface area contributed by atoms with Crippen molar-refractivity contribution in [2.75, 3.05) is 5.73 Å². The molecule has 1 aromatic rings. The molecule has 1 aromatic heterocycles. The van der Waals surface area contributed by atoms with Crippen LogP contribution in [0.4, 0.5) is 5.69 Å². The number of hydrogen-bond acceptors (Lipinski definition) is 3. The van der Waals surface area contributed by atoms with Gasteiger partial charge in [-0.2, -0.15) is 5.10 Å². The fourth-order valence-corrected chi connectivity index (χ4v) is 0.805. The number of H-pyrrole nitrogens is 1. The molecule has 0 bridgehead atoms. The van der Waals surface area contributed by atoms with Crippen LogP contribution in [0.1, 0.15) is 26.5 Å². The van der Waals surface area contributed by atoms with Gasteiger partial charge in [-0.15, -0.1) is 0 Å². The van der Waals surface area contributed by atoms with E-state index in [0.29, 0.717) is 0 Å². The SMILES string of the molecule is CC(C)(C)c1cc(N)c(=O)[nH]n1. The van der Waals surface area contributed by atoms with Gasteiger partial charge in [0.1, 0.15) is 5.69 Å². The molecule has 0 aliphatic carbocycles. The van der Waals surface area contributed by atoms with Crippen molar-refractivity contribution in [1.29, 1.82) is 0 Å². The van der Waals surface area contributed by atoms with Gasteiger partial charge in [-0.25, -0.2) is 5.10 Å². The first-order valence-electron chi connectivity index (χ1n) is 3.77. The maximum atomic E-state index is 10.9. The van der Waals surface area contributed by atoms with Crippen LogP contribution in [0.2, 0.25) is 0 Å². The minimum absolute atomic E-state index is 0.0850. The van der Waals surface area contributed by atoms with Crippen LogP contribution < -0.4 is 11.3 Å². The van der Waals surface area contributed by atoms with E-state index in [2.05, 4.69) is 10.2 Å². The highest BCUT2D eigenvalue weighted by atomic mass is 16.1. The highest BCUT2D eigenvalue weighted by Gasteiger charge is 2.16. The Morgan fingerprint density at radius 3 is 2.50 bits per heavy atom. The lowest BCUT2D eigenvalue weighted by molar-refractivity contribution is 0.557. The normalized spacial score (nSPS) is 11.6. The first-order chi connectivity index (χ1) is 5.41. The first-order valence-corrected chi connectivity index (χ1v) is 3.77. The maximum Gasteiger partial charge on any atom is 0.287 e.